The highest BCUT2D eigenvalue weighted by atomic mass is 79.9. The average Bonchev–Trinajstić information content (AvgIpc) is 2.11. The number of rotatable bonds is 3. The lowest BCUT2D eigenvalue weighted by Gasteiger charge is -2.47. The monoisotopic (exact) mass is 307 g/mol. The van der Waals surface area contributed by atoms with Crippen LogP contribution in [0.4, 0.5) is 0 Å². The summed E-state index contributed by atoms with van der Waals surface area (Å²) in [5.74, 6) is -0.230. The molecular weight excluding hydrogens is 286 g/mol. The van der Waals surface area contributed by atoms with Crippen LogP contribution in [0.25, 0.3) is 0 Å². The number of hydrogen-bond acceptors (Lipinski definition) is 4. The molecule has 100 valence electrons. The second kappa shape index (κ2) is 5.24. The van der Waals surface area contributed by atoms with Gasteiger partial charge in [-0.2, -0.15) is 0 Å². The molecule has 1 heterocycles. The molecule has 0 aliphatic carbocycles. The van der Waals surface area contributed by atoms with Crippen molar-refractivity contribution >= 4 is 21.9 Å². The van der Waals surface area contributed by atoms with E-state index in [1.165, 1.54) is 7.11 Å². The van der Waals surface area contributed by atoms with E-state index in [0.717, 1.165) is 13.1 Å². The first-order valence-corrected chi connectivity index (χ1v) is 6.71. The van der Waals surface area contributed by atoms with Gasteiger partial charge >= 0.3 is 5.97 Å². The molecule has 0 saturated carbocycles. The molecule has 5 heteroatoms. The van der Waals surface area contributed by atoms with Crippen molar-refractivity contribution in [1.29, 1.82) is 0 Å². The van der Waals surface area contributed by atoms with Crippen LogP contribution in [0, 0.1) is 0 Å². The standard InChI is InChI=1S/C12H22BrNO3/c1-11(2)7-14(8-12(3,4)17-11)6-9(13)10(15)16-5/h9H,6-8H2,1-5H3. The zero-order valence-electron chi connectivity index (χ0n) is 11.2. The summed E-state index contributed by atoms with van der Waals surface area (Å²) in [6.45, 7) is 10.6. The molecule has 1 unspecified atom stereocenters. The van der Waals surface area contributed by atoms with Gasteiger partial charge in [-0.05, 0) is 27.7 Å². The molecule has 1 fully saturated rings. The predicted octanol–water partition coefficient (Wildman–Crippen LogP) is 1.81. The van der Waals surface area contributed by atoms with E-state index in [1.54, 1.807) is 0 Å². The van der Waals surface area contributed by atoms with Crippen molar-refractivity contribution in [3.05, 3.63) is 0 Å². The molecule has 4 nitrogen and oxygen atoms in total. The highest BCUT2D eigenvalue weighted by Crippen LogP contribution is 2.28. The minimum atomic E-state index is -0.280. The predicted molar refractivity (Wildman–Crippen MR) is 70.4 cm³/mol. The van der Waals surface area contributed by atoms with E-state index in [2.05, 4.69) is 48.5 Å². The minimum absolute atomic E-state index is 0.190. The minimum Gasteiger partial charge on any atom is -0.468 e. The molecule has 1 aliphatic rings. The van der Waals surface area contributed by atoms with Gasteiger partial charge in [0, 0.05) is 19.6 Å². The van der Waals surface area contributed by atoms with E-state index in [0.29, 0.717) is 6.54 Å². The summed E-state index contributed by atoms with van der Waals surface area (Å²) in [6.07, 6.45) is 0. The SMILES string of the molecule is COC(=O)C(Br)CN1CC(C)(C)OC(C)(C)C1. The van der Waals surface area contributed by atoms with Gasteiger partial charge in [-0.3, -0.25) is 9.69 Å². The molecule has 0 radical (unpaired) electrons. The Kier molecular flexibility index (Phi) is 4.60. The lowest BCUT2D eigenvalue weighted by Crippen LogP contribution is -2.58. The lowest BCUT2D eigenvalue weighted by atomic mass is 9.99. The van der Waals surface area contributed by atoms with Crippen molar-refractivity contribution in [3.8, 4) is 0 Å². The van der Waals surface area contributed by atoms with Crippen LogP contribution in [0.1, 0.15) is 27.7 Å². The first-order valence-electron chi connectivity index (χ1n) is 5.80. The first-order chi connectivity index (χ1) is 7.65. The van der Waals surface area contributed by atoms with Gasteiger partial charge in [0.1, 0.15) is 4.83 Å². The molecular formula is C12H22BrNO3. The molecule has 0 aromatic heterocycles. The smallest absolute Gasteiger partial charge is 0.320 e. The van der Waals surface area contributed by atoms with Crippen molar-refractivity contribution in [2.75, 3.05) is 26.7 Å². The summed E-state index contributed by atoms with van der Waals surface area (Å²) in [5.41, 5.74) is -0.380. The lowest BCUT2D eigenvalue weighted by molar-refractivity contribution is -0.181. The Morgan fingerprint density at radius 3 is 2.24 bits per heavy atom. The summed E-state index contributed by atoms with van der Waals surface area (Å²) in [7, 11) is 1.41. The zero-order valence-corrected chi connectivity index (χ0v) is 12.8. The van der Waals surface area contributed by atoms with Crippen LogP contribution in [-0.2, 0) is 14.3 Å². The molecule has 0 spiro atoms. The molecule has 1 aliphatic heterocycles. The molecule has 1 saturated heterocycles. The third-order valence-electron chi connectivity index (χ3n) is 2.64. The zero-order chi connectivity index (χ0) is 13.3. The average molecular weight is 308 g/mol. The van der Waals surface area contributed by atoms with Crippen LogP contribution in [0.5, 0.6) is 0 Å². The Bertz CT molecular complexity index is 275. The van der Waals surface area contributed by atoms with Crippen LogP contribution < -0.4 is 0 Å². The Labute approximate surface area is 112 Å². The van der Waals surface area contributed by atoms with Crippen molar-refractivity contribution in [1.82, 2.24) is 4.90 Å². The fourth-order valence-electron chi connectivity index (χ4n) is 2.50. The Hall–Kier alpha value is -0.130. The maximum absolute atomic E-state index is 11.4. The fraction of sp³-hybridized carbons (Fsp3) is 0.917. The Morgan fingerprint density at radius 2 is 1.82 bits per heavy atom. The van der Waals surface area contributed by atoms with Gasteiger partial charge in [0.05, 0.1) is 18.3 Å². The fourth-order valence-corrected chi connectivity index (χ4v) is 3.10. The molecule has 0 aromatic rings. The van der Waals surface area contributed by atoms with Crippen LogP contribution in [-0.4, -0.2) is 53.6 Å². The summed E-state index contributed by atoms with van der Waals surface area (Å²) in [4.78, 5) is 13.3. The van der Waals surface area contributed by atoms with Gasteiger partial charge in [-0.15, -0.1) is 0 Å². The summed E-state index contributed by atoms with van der Waals surface area (Å²) < 4.78 is 10.7. The number of nitrogens with zero attached hydrogens (tertiary/aromatic N) is 1. The summed E-state index contributed by atoms with van der Waals surface area (Å²) >= 11 is 3.36. The van der Waals surface area contributed by atoms with Gasteiger partial charge in [0.15, 0.2) is 0 Å². The number of esters is 1. The number of halogens is 1. The second-order valence-electron chi connectivity index (χ2n) is 5.78. The van der Waals surface area contributed by atoms with Gasteiger partial charge in [-0.1, -0.05) is 15.9 Å². The van der Waals surface area contributed by atoms with Crippen LogP contribution >= 0.6 is 15.9 Å². The number of alkyl halides is 1. The van der Waals surface area contributed by atoms with Crippen molar-refractivity contribution in [2.24, 2.45) is 0 Å². The van der Waals surface area contributed by atoms with Gasteiger partial charge in [-0.25, -0.2) is 0 Å². The topological polar surface area (TPSA) is 38.8 Å². The molecule has 1 atom stereocenters. The molecule has 0 N–H and O–H groups in total. The van der Waals surface area contributed by atoms with E-state index in [4.69, 9.17) is 9.47 Å². The number of morpholine rings is 1. The van der Waals surface area contributed by atoms with E-state index in [9.17, 15) is 4.79 Å². The van der Waals surface area contributed by atoms with E-state index in [1.807, 2.05) is 0 Å². The quantitative estimate of drug-likeness (QED) is 0.589. The maximum atomic E-state index is 11.4. The van der Waals surface area contributed by atoms with E-state index >= 15 is 0 Å². The highest BCUT2D eigenvalue weighted by molar-refractivity contribution is 9.10. The Balaban J connectivity index is 2.62. The van der Waals surface area contributed by atoms with E-state index in [-0.39, 0.29) is 22.0 Å². The van der Waals surface area contributed by atoms with Gasteiger partial charge in [0.2, 0.25) is 0 Å². The summed E-state index contributed by atoms with van der Waals surface area (Å²) in [5, 5.41) is 0. The largest absolute Gasteiger partial charge is 0.468 e. The molecule has 1 rings (SSSR count). The molecule has 17 heavy (non-hydrogen) atoms. The number of ether oxygens (including phenoxy) is 2. The normalized spacial score (nSPS) is 25.3. The second-order valence-corrected chi connectivity index (χ2v) is 6.89. The molecule has 0 bridgehead atoms. The van der Waals surface area contributed by atoms with Crippen molar-refractivity contribution < 1.29 is 14.3 Å². The van der Waals surface area contributed by atoms with Crippen molar-refractivity contribution in [2.45, 2.75) is 43.7 Å². The van der Waals surface area contributed by atoms with Crippen LogP contribution in [0.2, 0.25) is 0 Å². The number of methoxy groups -OCH3 is 1. The third-order valence-corrected chi connectivity index (χ3v) is 3.30. The highest BCUT2D eigenvalue weighted by Gasteiger charge is 2.39. The number of carbonyl (C=O) groups excluding carboxylic acids is 1. The third kappa shape index (κ3) is 4.56. The Morgan fingerprint density at radius 1 is 1.35 bits per heavy atom. The number of hydrogen-bond donors (Lipinski definition) is 0. The van der Waals surface area contributed by atoms with Gasteiger partial charge < -0.3 is 9.47 Å². The van der Waals surface area contributed by atoms with Crippen molar-refractivity contribution in [3.63, 3.8) is 0 Å². The van der Waals surface area contributed by atoms with E-state index < -0.39 is 0 Å². The summed E-state index contributed by atoms with van der Waals surface area (Å²) in [6, 6.07) is 0. The van der Waals surface area contributed by atoms with Crippen LogP contribution in [0.3, 0.4) is 0 Å². The van der Waals surface area contributed by atoms with Gasteiger partial charge in [0.25, 0.3) is 0 Å². The number of carbonyl (C=O) groups is 1. The maximum Gasteiger partial charge on any atom is 0.320 e. The van der Waals surface area contributed by atoms with Crippen LogP contribution in [0.15, 0.2) is 0 Å². The molecule has 0 amide bonds. The molecule has 0 aromatic carbocycles. The first kappa shape index (κ1) is 14.9.